The highest BCUT2D eigenvalue weighted by Gasteiger charge is 2.22. The lowest BCUT2D eigenvalue weighted by Crippen LogP contribution is -2.31. The number of aromatic nitrogens is 4. The van der Waals surface area contributed by atoms with Crippen molar-refractivity contribution in [2.24, 2.45) is 0 Å². The van der Waals surface area contributed by atoms with Gasteiger partial charge in [-0.05, 0) is 18.6 Å². The van der Waals surface area contributed by atoms with Gasteiger partial charge in [0.2, 0.25) is 5.91 Å². The van der Waals surface area contributed by atoms with Crippen molar-refractivity contribution >= 4 is 5.91 Å². The first-order valence-electron chi connectivity index (χ1n) is 7.56. The van der Waals surface area contributed by atoms with Crippen LogP contribution in [0.3, 0.4) is 0 Å². The summed E-state index contributed by atoms with van der Waals surface area (Å²) in [4.78, 5) is 14.0. The molecule has 0 aliphatic carbocycles. The summed E-state index contributed by atoms with van der Waals surface area (Å²) in [7, 11) is 1.61. The van der Waals surface area contributed by atoms with E-state index >= 15 is 0 Å². The molecular weight excluding hydrogens is 282 g/mol. The summed E-state index contributed by atoms with van der Waals surface area (Å²) in [5, 5.41) is 8.58. The fourth-order valence-electron chi connectivity index (χ4n) is 2.73. The topological polar surface area (TPSA) is 65.2 Å². The van der Waals surface area contributed by atoms with Crippen molar-refractivity contribution in [3.8, 4) is 0 Å². The molecule has 0 spiro atoms. The Morgan fingerprint density at radius 1 is 1.27 bits per heavy atom. The predicted octanol–water partition coefficient (Wildman–Crippen LogP) is 0.897. The lowest BCUT2D eigenvalue weighted by Gasteiger charge is -2.19. The molecule has 0 saturated carbocycles. The summed E-state index contributed by atoms with van der Waals surface area (Å²) < 4.78 is 9.20. The summed E-state index contributed by atoms with van der Waals surface area (Å²) in [6, 6.07) is 3.99. The van der Waals surface area contributed by atoms with Gasteiger partial charge in [0.25, 0.3) is 0 Å². The largest absolute Gasteiger partial charge is 0.384 e. The molecule has 2 aromatic heterocycles. The maximum absolute atomic E-state index is 12.2. The fraction of sp³-hybridized carbons (Fsp3) is 0.533. The predicted molar refractivity (Wildman–Crippen MR) is 80.1 cm³/mol. The van der Waals surface area contributed by atoms with Crippen LogP contribution in [0.5, 0.6) is 0 Å². The molecule has 0 aromatic carbocycles. The SMILES string of the molecule is COCCC(=O)N1CCCn2c(nnc2Cn2cccc2)C1. The van der Waals surface area contributed by atoms with Crippen LogP contribution in [0.25, 0.3) is 0 Å². The maximum Gasteiger partial charge on any atom is 0.225 e. The zero-order valence-electron chi connectivity index (χ0n) is 12.8. The molecule has 0 saturated heterocycles. The van der Waals surface area contributed by atoms with Crippen LogP contribution in [0.15, 0.2) is 24.5 Å². The minimum absolute atomic E-state index is 0.116. The smallest absolute Gasteiger partial charge is 0.225 e. The van der Waals surface area contributed by atoms with Crippen molar-refractivity contribution in [3.63, 3.8) is 0 Å². The van der Waals surface area contributed by atoms with Gasteiger partial charge in [-0.1, -0.05) is 0 Å². The van der Waals surface area contributed by atoms with Crippen LogP contribution in [0, 0.1) is 0 Å². The third-order valence-corrected chi connectivity index (χ3v) is 3.91. The second-order valence-corrected chi connectivity index (χ2v) is 5.45. The number of methoxy groups -OCH3 is 1. The molecule has 1 amide bonds. The third kappa shape index (κ3) is 3.19. The Bertz CT molecular complexity index is 620. The molecule has 22 heavy (non-hydrogen) atoms. The lowest BCUT2D eigenvalue weighted by atomic mass is 10.3. The molecule has 0 fully saturated rings. The van der Waals surface area contributed by atoms with Gasteiger partial charge in [0.1, 0.15) is 0 Å². The number of carbonyl (C=O) groups is 1. The molecule has 3 heterocycles. The van der Waals surface area contributed by atoms with Crippen molar-refractivity contribution < 1.29 is 9.53 Å². The van der Waals surface area contributed by atoms with E-state index in [9.17, 15) is 4.79 Å². The average molecular weight is 303 g/mol. The maximum atomic E-state index is 12.2. The normalized spacial score (nSPS) is 14.7. The van der Waals surface area contributed by atoms with Gasteiger partial charge < -0.3 is 18.8 Å². The van der Waals surface area contributed by atoms with E-state index < -0.39 is 0 Å². The van der Waals surface area contributed by atoms with E-state index in [2.05, 4.69) is 19.3 Å². The number of rotatable bonds is 5. The first-order chi connectivity index (χ1) is 10.8. The molecule has 3 rings (SSSR count). The highest BCUT2D eigenvalue weighted by molar-refractivity contribution is 5.76. The van der Waals surface area contributed by atoms with E-state index in [1.165, 1.54) is 0 Å². The molecule has 118 valence electrons. The van der Waals surface area contributed by atoms with Gasteiger partial charge in [0.15, 0.2) is 11.6 Å². The molecule has 0 N–H and O–H groups in total. The molecule has 0 radical (unpaired) electrons. The molecule has 7 heteroatoms. The Balaban J connectivity index is 1.72. The van der Waals surface area contributed by atoms with Crippen molar-refractivity contribution in [1.82, 2.24) is 24.2 Å². The van der Waals surface area contributed by atoms with Crippen LogP contribution in [-0.4, -0.2) is 50.4 Å². The summed E-state index contributed by atoms with van der Waals surface area (Å²) >= 11 is 0. The van der Waals surface area contributed by atoms with Crippen LogP contribution in [0.1, 0.15) is 24.5 Å². The Morgan fingerprint density at radius 2 is 2.09 bits per heavy atom. The zero-order chi connectivity index (χ0) is 15.4. The minimum Gasteiger partial charge on any atom is -0.384 e. The summed E-state index contributed by atoms with van der Waals surface area (Å²) in [6.45, 7) is 3.31. The third-order valence-electron chi connectivity index (χ3n) is 3.91. The number of fused-ring (bicyclic) bond motifs is 1. The molecule has 0 unspecified atom stereocenters. The van der Waals surface area contributed by atoms with E-state index in [4.69, 9.17) is 4.74 Å². The molecule has 1 aliphatic heterocycles. The monoisotopic (exact) mass is 303 g/mol. The van der Waals surface area contributed by atoms with E-state index in [1.54, 1.807) is 7.11 Å². The summed E-state index contributed by atoms with van der Waals surface area (Å²) in [6.07, 6.45) is 5.36. The van der Waals surface area contributed by atoms with Gasteiger partial charge in [0.05, 0.1) is 26.1 Å². The van der Waals surface area contributed by atoms with Gasteiger partial charge in [-0.3, -0.25) is 4.79 Å². The Morgan fingerprint density at radius 3 is 2.86 bits per heavy atom. The first-order valence-corrected chi connectivity index (χ1v) is 7.56. The van der Waals surface area contributed by atoms with Crippen molar-refractivity contribution in [2.75, 3.05) is 20.3 Å². The van der Waals surface area contributed by atoms with Crippen molar-refractivity contribution in [2.45, 2.75) is 32.5 Å². The summed E-state index contributed by atoms with van der Waals surface area (Å²) in [5.41, 5.74) is 0. The average Bonchev–Trinajstić information content (AvgIpc) is 3.10. The quantitative estimate of drug-likeness (QED) is 0.823. The Labute approximate surface area is 129 Å². The van der Waals surface area contributed by atoms with Crippen LogP contribution in [0.4, 0.5) is 0 Å². The number of hydrogen-bond acceptors (Lipinski definition) is 4. The van der Waals surface area contributed by atoms with Crippen molar-refractivity contribution in [1.29, 1.82) is 0 Å². The Hall–Kier alpha value is -2.15. The van der Waals surface area contributed by atoms with E-state index in [0.29, 0.717) is 26.1 Å². The number of hydrogen-bond donors (Lipinski definition) is 0. The van der Waals surface area contributed by atoms with E-state index in [-0.39, 0.29) is 5.91 Å². The molecule has 1 aliphatic rings. The lowest BCUT2D eigenvalue weighted by molar-refractivity contribution is -0.132. The molecule has 7 nitrogen and oxygen atoms in total. The molecule has 0 atom stereocenters. The van der Waals surface area contributed by atoms with Gasteiger partial charge >= 0.3 is 0 Å². The van der Waals surface area contributed by atoms with Crippen LogP contribution >= 0.6 is 0 Å². The van der Waals surface area contributed by atoms with Gasteiger partial charge in [-0.2, -0.15) is 0 Å². The number of carbonyl (C=O) groups excluding carboxylic acids is 1. The van der Waals surface area contributed by atoms with E-state index in [0.717, 1.165) is 31.2 Å². The zero-order valence-corrected chi connectivity index (χ0v) is 12.8. The highest BCUT2D eigenvalue weighted by atomic mass is 16.5. The first kappa shape index (κ1) is 14.8. The molecule has 2 aromatic rings. The standard InChI is InChI=1S/C15H21N5O2/c1-22-10-5-15(21)19-8-4-9-20-13(16-17-14(20)12-19)11-18-6-2-3-7-18/h2-3,6-7H,4-5,8-12H2,1H3. The minimum atomic E-state index is 0.116. The van der Waals surface area contributed by atoms with Crippen LogP contribution in [-0.2, 0) is 29.2 Å². The number of ether oxygens (including phenoxy) is 1. The second-order valence-electron chi connectivity index (χ2n) is 5.45. The highest BCUT2D eigenvalue weighted by Crippen LogP contribution is 2.14. The summed E-state index contributed by atoms with van der Waals surface area (Å²) in [5.74, 6) is 1.92. The Kier molecular flexibility index (Phi) is 4.53. The molecular formula is C15H21N5O2. The number of amides is 1. The van der Waals surface area contributed by atoms with Crippen molar-refractivity contribution in [3.05, 3.63) is 36.2 Å². The van der Waals surface area contributed by atoms with Gasteiger partial charge in [-0.15, -0.1) is 10.2 Å². The fourth-order valence-corrected chi connectivity index (χ4v) is 2.73. The van der Waals surface area contributed by atoms with Gasteiger partial charge in [0, 0.05) is 32.6 Å². The second kappa shape index (κ2) is 6.74. The van der Waals surface area contributed by atoms with Crippen LogP contribution < -0.4 is 0 Å². The van der Waals surface area contributed by atoms with E-state index in [1.807, 2.05) is 29.4 Å². The van der Waals surface area contributed by atoms with Gasteiger partial charge in [-0.25, -0.2) is 0 Å². The number of nitrogens with zero attached hydrogens (tertiary/aromatic N) is 5. The van der Waals surface area contributed by atoms with Crippen LogP contribution in [0.2, 0.25) is 0 Å². The molecule has 0 bridgehead atoms.